The summed E-state index contributed by atoms with van der Waals surface area (Å²) in [6.07, 6.45) is 3.79. The summed E-state index contributed by atoms with van der Waals surface area (Å²) in [5, 5.41) is 3.62. The molecule has 0 spiro atoms. The van der Waals surface area contributed by atoms with Crippen molar-refractivity contribution in [3.05, 3.63) is 52.8 Å². The Bertz CT molecular complexity index is 615. The van der Waals surface area contributed by atoms with Crippen LogP contribution in [0.4, 0.5) is 11.4 Å². The maximum Gasteiger partial charge on any atom is 0.108 e. The number of halogens is 1. The molecular formula is C17H20BrN3O. The highest BCUT2D eigenvalue weighted by atomic mass is 79.9. The fraction of sp³-hybridized carbons (Fsp3) is 0.353. The summed E-state index contributed by atoms with van der Waals surface area (Å²) in [6.45, 7) is 1.65. The van der Waals surface area contributed by atoms with E-state index in [4.69, 9.17) is 10.5 Å². The number of rotatable bonds is 4. The third-order valence-electron chi connectivity index (χ3n) is 4.11. The van der Waals surface area contributed by atoms with Crippen LogP contribution in [0.3, 0.4) is 0 Å². The van der Waals surface area contributed by atoms with Gasteiger partial charge in [-0.15, -0.1) is 0 Å². The molecule has 0 saturated carbocycles. The maximum absolute atomic E-state index is 6.07. The van der Waals surface area contributed by atoms with Crippen LogP contribution in [-0.2, 0) is 4.74 Å². The van der Waals surface area contributed by atoms with Gasteiger partial charge in [0.2, 0.25) is 0 Å². The second-order valence-electron chi connectivity index (χ2n) is 5.58. The highest BCUT2D eigenvalue weighted by Crippen LogP contribution is 2.35. The number of nitrogens with zero attached hydrogens (tertiary/aromatic N) is 1. The summed E-state index contributed by atoms with van der Waals surface area (Å²) in [5.74, 6) is 0.530. The zero-order valence-electron chi connectivity index (χ0n) is 12.3. The van der Waals surface area contributed by atoms with Gasteiger partial charge in [0.15, 0.2) is 0 Å². The van der Waals surface area contributed by atoms with Gasteiger partial charge in [0, 0.05) is 13.2 Å². The largest absolute Gasteiger partial charge is 0.396 e. The Morgan fingerprint density at radius 1 is 1.23 bits per heavy atom. The predicted octanol–water partition coefficient (Wildman–Crippen LogP) is 4.01. The Hall–Kier alpha value is -1.59. The van der Waals surface area contributed by atoms with Crippen LogP contribution < -0.4 is 11.1 Å². The lowest BCUT2D eigenvalue weighted by atomic mass is 9.87. The Labute approximate surface area is 139 Å². The zero-order valence-corrected chi connectivity index (χ0v) is 13.9. The number of aromatic nitrogens is 1. The van der Waals surface area contributed by atoms with Crippen molar-refractivity contribution in [1.29, 1.82) is 0 Å². The van der Waals surface area contributed by atoms with Gasteiger partial charge in [-0.1, -0.05) is 30.3 Å². The molecule has 3 N–H and O–H groups in total. The number of nitrogens with one attached hydrogen (secondary N) is 1. The molecule has 1 atom stereocenters. The van der Waals surface area contributed by atoms with Gasteiger partial charge in [-0.05, 0) is 46.3 Å². The number of ether oxygens (including phenoxy) is 1. The normalized spacial score (nSPS) is 17.1. The van der Waals surface area contributed by atoms with Crippen LogP contribution in [0, 0.1) is 5.92 Å². The SMILES string of the molecule is Nc1cnc(Br)cc1NC(c1ccccc1)C1CCOCC1. The Balaban J connectivity index is 1.89. The van der Waals surface area contributed by atoms with Crippen LogP contribution in [0.25, 0.3) is 0 Å². The highest BCUT2D eigenvalue weighted by Gasteiger charge is 2.26. The van der Waals surface area contributed by atoms with Crippen molar-refractivity contribution >= 4 is 27.3 Å². The van der Waals surface area contributed by atoms with E-state index < -0.39 is 0 Å². The van der Waals surface area contributed by atoms with E-state index in [0.29, 0.717) is 11.6 Å². The first-order valence-corrected chi connectivity index (χ1v) is 8.33. The van der Waals surface area contributed by atoms with Crippen molar-refractivity contribution in [2.24, 2.45) is 5.92 Å². The first-order chi connectivity index (χ1) is 10.7. The predicted molar refractivity (Wildman–Crippen MR) is 92.7 cm³/mol. The van der Waals surface area contributed by atoms with Crippen LogP contribution in [-0.4, -0.2) is 18.2 Å². The summed E-state index contributed by atoms with van der Waals surface area (Å²) < 4.78 is 6.29. The van der Waals surface area contributed by atoms with E-state index in [1.807, 2.05) is 12.1 Å². The molecule has 2 aromatic rings. The van der Waals surface area contributed by atoms with Gasteiger partial charge in [-0.25, -0.2) is 4.98 Å². The van der Waals surface area contributed by atoms with Crippen molar-refractivity contribution in [2.75, 3.05) is 24.3 Å². The molecule has 2 heterocycles. The molecule has 1 aromatic heterocycles. The number of hydrogen-bond acceptors (Lipinski definition) is 4. The van der Waals surface area contributed by atoms with Gasteiger partial charge >= 0.3 is 0 Å². The number of nitrogen functional groups attached to an aromatic ring is 1. The molecule has 0 bridgehead atoms. The molecule has 1 aliphatic heterocycles. The monoisotopic (exact) mass is 361 g/mol. The average molecular weight is 362 g/mol. The Morgan fingerprint density at radius 2 is 1.95 bits per heavy atom. The van der Waals surface area contributed by atoms with Crippen molar-refractivity contribution in [2.45, 2.75) is 18.9 Å². The highest BCUT2D eigenvalue weighted by molar-refractivity contribution is 9.10. The smallest absolute Gasteiger partial charge is 0.108 e. The molecule has 1 unspecified atom stereocenters. The van der Waals surface area contributed by atoms with E-state index in [0.717, 1.165) is 36.3 Å². The van der Waals surface area contributed by atoms with Crippen molar-refractivity contribution < 1.29 is 4.74 Å². The first kappa shape index (κ1) is 15.3. The van der Waals surface area contributed by atoms with Crippen molar-refractivity contribution in [3.63, 3.8) is 0 Å². The average Bonchev–Trinajstić information content (AvgIpc) is 2.57. The van der Waals surface area contributed by atoms with E-state index >= 15 is 0 Å². The molecule has 5 heteroatoms. The Morgan fingerprint density at radius 3 is 2.68 bits per heavy atom. The molecule has 0 aliphatic carbocycles. The third-order valence-corrected chi connectivity index (χ3v) is 4.54. The van der Waals surface area contributed by atoms with Gasteiger partial charge in [0.05, 0.1) is 23.6 Å². The molecule has 0 radical (unpaired) electrons. The number of hydrogen-bond donors (Lipinski definition) is 2. The van der Waals surface area contributed by atoms with E-state index in [-0.39, 0.29) is 6.04 Å². The lowest BCUT2D eigenvalue weighted by Gasteiger charge is -2.32. The minimum atomic E-state index is 0.224. The fourth-order valence-electron chi connectivity index (χ4n) is 2.92. The van der Waals surface area contributed by atoms with Crippen LogP contribution in [0.5, 0.6) is 0 Å². The number of benzene rings is 1. The molecule has 1 aliphatic rings. The Kier molecular flexibility index (Phi) is 4.95. The van der Waals surface area contributed by atoms with E-state index in [1.165, 1.54) is 5.56 Å². The first-order valence-electron chi connectivity index (χ1n) is 7.54. The summed E-state index contributed by atoms with van der Waals surface area (Å²) in [4.78, 5) is 4.16. The fourth-order valence-corrected chi connectivity index (χ4v) is 3.25. The van der Waals surface area contributed by atoms with Gasteiger partial charge in [0.25, 0.3) is 0 Å². The molecule has 0 amide bonds. The molecule has 22 heavy (non-hydrogen) atoms. The van der Waals surface area contributed by atoms with E-state index in [9.17, 15) is 0 Å². The van der Waals surface area contributed by atoms with Gasteiger partial charge < -0.3 is 15.8 Å². The van der Waals surface area contributed by atoms with Crippen LogP contribution in [0.1, 0.15) is 24.4 Å². The maximum atomic E-state index is 6.07. The minimum absolute atomic E-state index is 0.224. The second-order valence-corrected chi connectivity index (χ2v) is 6.39. The molecule has 3 rings (SSSR count). The van der Waals surface area contributed by atoms with Crippen molar-refractivity contribution in [1.82, 2.24) is 4.98 Å². The third kappa shape index (κ3) is 3.59. The zero-order chi connectivity index (χ0) is 15.4. The minimum Gasteiger partial charge on any atom is -0.396 e. The van der Waals surface area contributed by atoms with Crippen LogP contribution >= 0.6 is 15.9 Å². The quantitative estimate of drug-likeness (QED) is 0.807. The van der Waals surface area contributed by atoms with E-state index in [1.54, 1.807) is 6.20 Å². The second kappa shape index (κ2) is 7.11. The summed E-state index contributed by atoms with van der Waals surface area (Å²) in [5.41, 5.74) is 8.94. The van der Waals surface area contributed by atoms with Crippen molar-refractivity contribution in [3.8, 4) is 0 Å². The summed E-state index contributed by atoms with van der Waals surface area (Å²) in [6, 6.07) is 12.7. The molecular weight excluding hydrogens is 342 g/mol. The van der Waals surface area contributed by atoms with E-state index in [2.05, 4.69) is 50.5 Å². The lowest BCUT2D eigenvalue weighted by molar-refractivity contribution is 0.0605. The van der Waals surface area contributed by atoms with Gasteiger partial charge in [-0.3, -0.25) is 0 Å². The summed E-state index contributed by atoms with van der Waals surface area (Å²) in [7, 11) is 0. The number of anilines is 2. The number of nitrogens with two attached hydrogens (primary N) is 1. The lowest BCUT2D eigenvalue weighted by Crippen LogP contribution is -2.27. The molecule has 1 fully saturated rings. The summed E-state index contributed by atoms with van der Waals surface area (Å²) >= 11 is 3.41. The van der Waals surface area contributed by atoms with Crippen LogP contribution in [0.15, 0.2) is 47.2 Å². The van der Waals surface area contributed by atoms with Crippen LogP contribution in [0.2, 0.25) is 0 Å². The molecule has 4 nitrogen and oxygen atoms in total. The molecule has 1 saturated heterocycles. The number of pyridine rings is 1. The molecule has 116 valence electrons. The molecule has 1 aromatic carbocycles. The van der Waals surface area contributed by atoms with Gasteiger partial charge in [-0.2, -0.15) is 0 Å². The standard InChI is InChI=1S/C17H20BrN3O/c18-16-10-15(14(19)11-20-16)21-17(12-4-2-1-3-5-12)13-6-8-22-9-7-13/h1-5,10-11,13,17H,6-9,19H2,(H,20,21). The van der Waals surface area contributed by atoms with Gasteiger partial charge in [0.1, 0.15) is 4.60 Å². The topological polar surface area (TPSA) is 60.2 Å².